The summed E-state index contributed by atoms with van der Waals surface area (Å²) in [6.45, 7) is 11.2. The fourth-order valence-electron chi connectivity index (χ4n) is 2.70. The molecule has 0 aliphatic carbocycles. The molecule has 108 valence electrons. The van der Waals surface area contributed by atoms with Gasteiger partial charge in [-0.15, -0.1) is 0 Å². The molecule has 0 aromatic carbocycles. The van der Waals surface area contributed by atoms with Crippen LogP contribution in [0.3, 0.4) is 0 Å². The van der Waals surface area contributed by atoms with E-state index in [0.717, 1.165) is 5.92 Å². The van der Waals surface area contributed by atoms with Crippen molar-refractivity contribution < 1.29 is 0 Å². The first-order valence-electron chi connectivity index (χ1n) is 8.41. The quantitative estimate of drug-likeness (QED) is 0.247. The average Bonchev–Trinajstić information content (AvgIpc) is 2.37. The van der Waals surface area contributed by atoms with Crippen LogP contribution in [0.25, 0.3) is 0 Å². The van der Waals surface area contributed by atoms with Gasteiger partial charge in [-0.05, 0) is 25.2 Å². The molecule has 1 unspecified atom stereocenters. The molecule has 0 heterocycles. The SMILES string of the molecule is C=C(CCCCCCCCC)CC(CC)CCC. The zero-order valence-electron chi connectivity index (χ0n) is 13.3. The van der Waals surface area contributed by atoms with Crippen LogP contribution in [-0.2, 0) is 0 Å². The first-order valence-corrected chi connectivity index (χ1v) is 8.41. The summed E-state index contributed by atoms with van der Waals surface area (Å²) in [5.74, 6) is 0.895. The highest BCUT2D eigenvalue weighted by Gasteiger charge is 2.06. The Morgan fingerprint density at radius 3 is 2.00 bits per heavy atom. The van der Waals surface area contributed by atoms with Crippen molar-refractivity contribution in [3.05, 3.63) is 12.2 Å². The van der Waals surface area contributed by atoms with Crippen LogP contribution in [0.1, 0.15) is 97.8 Å². The van der Waals surface area contributed by atoms with E-state index in [2.05, 4.69) is 27.4 Å². The van der Waals surface area contributed by atoms with Gasteiger partial charge >= 0.3 is 0 Å². The molecule has 0 aliphatic heterocycles. The third-order valence-corrected chi connectivity index (χ3v) is 3.99. The van der Waals surface area contributed by atoms with Gasteiger partial charge in [0.05, 0.1) is 0 Å². The van der Waals surface area contributed by atoms with Gasteiger partial charge in [-0.2, -0.15) is 0 Å². The Bertz CT molecular complexity index is 180. The van der Waals surface area contributed by atoms with Crippen molar-refractivity contribution in [1.82, 2.24) is 0 Å². The molecule has 0 saturated carbocycles. The summed E-state index contributed by atoms with van der Waals surface area (Å²) in [6, 6.07) is 0. The predicted molar refractivity (Wildman–Crippen MR) is 85.1 cm³/mol. The smallest absolute Gasteiger partial charge is 0.0295 e. The number of rotatable bonds is 13. The number of allylic oxidation sites excluding steroid dienone is 1. The Labute approximate surface area is 116 Å². The van der Waals surface area contributed by atoms with Crippen molar-refractivity contribution in [2.45, 2.75) is 97.8 Å². The van der Waals surface area contributed by atoms with Gasteiger partial charge in [0.15, 0.2) is 0 Å². The Hall–Kier alpha value is -0.260. The zero-order chi connectivity index (χ0) is 13.6. The summed E-state index contributed by atoms with van der Waals surface area (Å²) in [5, 5.41) is 0. The molecule has 0 aliphatic rings. The van der Waals surface area contributed by atoms with E-state index in [4.69, 9.17) is 0 Å². The highest BCUT2D eigenvalue weighted by molar-refractivity contribution is 4.95. The third kappa shape index (κ3) is 10.9. The maximum Gasteiger partial charge on any atom is -0.0295 e. The Morgan fingerprint density at radius 1 is 0.833 bits per heavy atom. The molecular weight excluding hydrogens is 216 g/mol. The molecule has 0 spiro atoms. The van der Waals surface area contributed by atoms with Gasteiger partial charge < -0.3 is 0 Å². The summed E-state index contributed by atoms with van der Waals surface area (Å²) in [4.78, 5) is 0. The lowest BCUT2D eigenvalue weighted by Crippen LogP contribution is -2.00. The van der Waals surface area contributed by atoms with Crippen molar-refractivity contribution in [1.29, 1.82) is 0 Å². The average molecular weight is 252 g/mol. The van der Waals surface area contributed by atoms with Crippen molar-refractivity contribution in [2.24, 2.45) is 5.92 Å². The van der Waals surface area contributed by atoms with Crippen molar-refractivity contribution in [3.8, 4) is 0 Å². The summed E-state index contributed by atoms with van der Waals surface area (Å²) in [6.07, 6.45) is 16.4. The van der Waals surface area contributed by atoms with Crippen LogP contribution >= 0.6 is 0 Å². The number of unbranched alkanes of at least 4 members (excludes halogenated alkanes) is 6. The van der Waals surface area contributed by atoms with Crippen molar-refractivity contribution >= 4 is 0 Å². The van der Waals surface area contributed by atoms with Crippen LogP contribution in [0.2, 0.25) is 0 Å². The fourth-order valence-corrected chi connectivity index (χ4v) is 2.70. The van der Waals surface area contributed by atoms with E-state index in [1.807, 2.05) is 0 Å². The van der Waals surface area contributed by atoms with Crippen molar-refractivity contribution in [2.75, 3.05) is 0 Å². The summed E-state index contributed by atoms with van der Waals surface area (Å²) >= 11 is 0. The zero-order valence-corrected chi connectivity index (χ0v) is 13.3. The third-order valence-electron chi connectivity index (χ3n) is 3.99. The first-order chi connectivity index (χ1) is 8.74. The molecular formula is C18H36. The second kappa shape index (κ2) is 13.2. The maximum absolute atomic E-state index is 4.27. The molecule has 0 nitrogen and oxygen atoms in total. The highest BCUT2D eigenvalue weighted by Crippen LogP contribution is 2.22. The predicted octanol–water partition coefficient (Wildman–Crippen LogP) is 6.90. The summed E-state index contributed by atoms with van der Waals surface area (Å²) < 4.78 is 0. The molecule has 1 atom stereocenters. The lowest BCUT2D eigenvalue weighted by molar-refractivity contribution is 0.453. The minimum Gasteiger partial charge on any atom is -0.0999 e. The van der Waals surface area contributed by atoms with Gasteiger partial charge in [0.2, 0.25) is 0 Å². The molecule has 0 fully saturated rings. The van der Waals surface area contributed by atoms with Crippen LogP contribution < -0.4 is 0 Å². The number of hydrogen-bond donors (Lipinski definition) is 0. The van der Waals surface area contributed by atoms with E-state index in [-0.39, 0.29) is 0 Å². The number of hydrogen-bond acceptors (Lipinski definition) is 0. The highest BCUT2D eigenvalue weighted by atomic mass is 14.1. The molecule has 0 amide bonds. The Kier molecular flexibility index (Phi) is 13.0. The molecule has 0 saturated heterocycles. The minimum atomic E-state index is 0.895. The van der Waals surface area contributed by atoms with E-state index in [1.54, 1.807) is 0 Å². The lowest BCUT2D eigenvalue weighted by Gasteiger charge is -2.15. The van der Waals surface area contributed by atoms with E-state index < -0.39 is 0 Å². The topological polar surface area (TPSA) is 0 Å². The van der Waals surface area contributed by atoms with Gasteiger partial charge in [-0.25, -0.2) is 0 Å². The van der Waals surface area contributed by atoms with Crippen LogP contribution in [-0.4, -0.2) is 0 Å². The largest absolute Gasteiger partial charge is 0.0999 e. The van der Waals surface area contributed by atoms with E-state index in [1.165, 1.54) is 82.6 Å². The molecule has 0 N–H and O–H groups in total. The Morgan fingerprint density at radius 2 is 1.44 bits per heavy atom. The van der Waals surface area contributed by atoms with Gasteiger partial charge in [0.25, 0.3) is 0 Å². The van der Waals surface area contributed by atoms with Crippen LogP contribution in [0, 0.1) is 5.92 Å². The molecule has 0 aromatic heterocycles. The second-order valence-corrected chi connectivity index (χ2v) is 5.89. The molecule has 0 bridgehead atoms. The van der Waals surface area contributed by atoms with Gasteiger partial charge in [0.1, 0.15) is 0 Å². The summed E-state index contributed by atoms with van der Waals surface area (Å²) in [7, 11) is 0. The van der Waals surface area contributed by atoms with E-state index in [9.17, 15) is 0 Å². The van der Waals surface area contributed by atoms with Crippen molar-refractivity contribution in [3.63, 3.8) is 0 Å². The maximum atomic E-state index is 4.27. The summed E-state index contributed by atoms with van der Waals surface area (Å²) in [5.41, 5.74) is 1.50. The van der Waals surface area contributed by atoms with E-state index in [0.29, 0.717) is 0 Å². The van der Waals surface area contributed by atoms with E-state index >= 15 is 0 Å². The van der Waals surface area contributed by atoms with Gasteiger partial charge in [-0.3, -0.25) is 0 Å². The van der Waals surface area contributed by atoms with Crippen LogP contribution in [0.15, 0.2) is 12.2 Å². The molecule has 0 rings (SSSR count). The fraction of sp³-hybridized carbons (Fsp3) is 0.889. The second-order valence-electron chi connectivity index (χ2n) is 5.89. The normalized spacial score (nSPS) is 12.6. The molecule has 0 aromatic rings. The molecule has 0 radical (unpaired) electrons. The molecule has 18 heavy (non-hydrogen) atoms. The Balaban J connectivity index is 3.41. The van der Waals surface area contributed by atoms with Crippen LogP contribution in [0.5, 0.6) is 0 Å². The standard InChI is InChI=1S/C18H36/c1-5-8-9-10-11-12-13-15-17(4)16-18(7-3)14-6-2/h18H,4-16H2,1-3H3. The monoisotopic (exact) mass is 252 g/mol. The first kappa shape index (κ1) is 17.7. The van der Waals surface area contributed by atoms with Gasteiger partial charge in [-0.1, -0.05) is 90.7 Å². The molecule has 0 heteroatoms. The lowest BCUT2D eigenvalue weighted by atomic mass is 9.91. The minimum absolute atomic E-state index is 0.895. The van der Waals surface area contributed by atoms with Crippen LogP contribution in [0.4, 0.5) is 0 Å². The van der Waals surface area contributed by atoms with Gasteiger partial charge in [0, 0.05) is 0 Å².